The van der Waals surface area contributed by atoms with Gasteiger partial charge in [-0.3, -0.25) is 0 Å². The van der Waals surface area contributed by atoms with E-state index in [1.165, 1.54) is 24.8 Å². The van der Waals surface area contributed by atoms with Gasteiger partial charge >= 0.3 is 0 Å². The maximum absolute atomic E-state index is 8.65. The van der Waals surface area contributed by atoms with Crippen LogP contribution in [-0.4, -0.2) is 18.8 Å². The Kier molecular flexibility index (Phi) is 6.66. The number of rotatable bonds is 8. The van der Waals surface area contributed by atoms with E-state index in [2.05, 4.69) is 12.1 Å². The maximum Gasteiger partial charge on any atom is 0.122 e. The summed E-state index contributed by atoms with van der Waals surface area (Å²) in [5, 5.41) is 8.65. The molecule has 0 radical (unpaired) electrons. The Morgan fingerprint density at radius 3 is 2.44 bits per heavy atom. The van der Waals surface area contributed by atoms with Crippen LogP contribution in [0.5, 0.6) is 5.75 Å². The Morgan fingerprint density at radius 2 is 1.69 bits per heavy atom. The molecule has 0 unspecified atom stereocenters. The van der Waals surface area contributed by atoms with E-state index in [0.717, 1.165) is 25.0 Å². The van der Waals surface area contributed by atoms with Gasteiger partial charge in [0.25, 0.3) is 0 Å². The summed E-state index contributed by atoms with van der Waals surface area (Å²) < 4.78 is 5.31. The van der Waals surface area contributed by atoms with Crippen LogP contribution >= 0.6 is 0 Å². The van der Waals surface area contributed by atoms with Crippen LogP contribution < -0.4 is 4.74 Å². The van der Waals surface area contributed by atoms with Crippen molar-refractivity contribution in [3.05, 3.63) is 29.8 Å². The van der Waals surface area contributed by atoms with Gasteiger partial charge in [-0.2, -0.15) is 0 Å². The van der Waals surface area contributed by atoms with Crippen molar-refractivity contribution in [1.29, 1.82) is 0 Å². The molecule has 0 amide bonds. The summed E-state index contributed by atoms with van der Waals surface area (Å²) >= 11 is 0. The van der Waals surface area contributed by atoms with E-state index in [-0.39, 0.29) is 0 Å². The molecule has 0 saturated heterocycles. The minimum atomic E-state index is 0.326. The summed E-state index contributed by atoms with van der Waals surface area (Å²) in [4.78, 5) is 0. The number of hydrogen-bond donors (Lipinski definition) is 1. The Balaban J connectivity index is 2.21. The summed E-state index contributed by atoms with van der Waals surface area (Å²) in [6.07, 6.45) is 6.82. The largest absolute Gasteiger partial charge is 0.496 e. The lowest BCUT2D eigenvalue weighted by Crippen LogP contribution is -1.92. The second-order valence-electron chi connectivity index (χ2n) is 4.05. The second kappa shape index (κ2) is 8.17. The van der Waals surface area contributed by atoms with Crippen molar-refractivity contribution in [2.75, 3.05) is 13.7 Å². The highest BCUT2D eigenvalue weighted by molar-refractivity contribution is 5.33. The second-order valence-corrected chi connectivity index (χ2v) is 4.05. The van der Waals surface area contributed by atoms with E-state index < -0.39 is 0 Å². The number of ether oxygens (including phenoxy) is 1. The van der Waals surface area contributed by atoms with Crippen LogP contribution in [0, 0.1) is 0 Å². The zero-order valence-corrected chi connectivity index (χ0v) is 10.1. The first kappa shape index (κ1) is 13.0. The van der Waals surface area contributed by atoms with Gasteiger partial charge in [0.2, 0.25) is 0 Å². The molecule has 0 fully saturated rings. The van der Waals surface area contributed by atoms with Crippen molar-refractivity contribution >= 4 is 0 Å². The molecule has 0 bridgehead atoms. The molecule has 0 heterocycles. The smallest absolute Gasteiger partial charge is 0.122 e. The van der Waals surface area contributed by atoms with E-state index >= 15 is 0 Å². The van der Waals surface area contributed by atoms with Gasteiger partial charge in [-0.25, -0.2) is 0 Å². The molecule has 2 nitrogen and oxygen atoms in total. The lowest BCUT2D eigenvalue weighted by atomic mass is 10.0. The van der Waals surface area contributed by atoms with Crippen molar-refractivity contribution < 1.29 is 9.84 Å². The van der Waals surface area contributed by atoms with Gasteiger partial charge in [0.15, 0.2) is 0 Å². The molecule has 1 rings (SSSR count). The Hall–Kier alpha value is -1.02. The van der Waals surface area contributed by atoms with Gasteiger partial charge in [-0.1, -0.05) is 37.5 Å². The van der Waals surface area contributed by atoms with Crippen molar-refractivity contribution in [1.82, 2.24) is 0 Å². The number of aliphatic hydroxyl groups excluding tert-OH is 1. The zero-order chi connectivity index (χ0) is 11.6. The van der Waals surface area contributed by atoms with Gasteiger partial charge in [-0.05, 0) is 30.9 Å². The Bertz CT molecular complexity index is 284. The van der Waals surface area contributed by atoms with E-state index in [9.17, 15) is 0 Å². The van der Waals surface area contributed by atoms with Crippen molar-refractivity contribution in [2.24, 2.45) is 0 Å². The lowest BCUT2D eigenvalue weighted by Gasteiger charge is -2.07. The third-order valence-corrected chi connectivity index (χ3v) is 2.80. The quantitative estimate of drug-likeness (QED) is 0.684. The number of methoxy groups -OCH3 is 1. The van der Waals surface area contributed by atoms with Gasteiger partial charge in [0, 0.05) is 6.61 Å². The summed E-state index contributed by atoms with van der Waals surface area (Å²) in [6.45, 7) is 0.326. The highest BCUT2D eigenvalue weighted by atomic mass is 16.5. The van der Waals surface area contributed by atoms with E-state index in [1.54, 1.807) is 7.11 Å². The predicted octanol–water partition coefficient (Wildman–Crippen LogP) is 3.18. The van der Waals surface area contributed by atoms with E-state index in [4.69, 9.17) is 9.84 Å². The molecule has 1 N–H and O–H groups in total. The predicted molar refractivity (Wildman–Crippen MR) is 66.9 cm³/mol. The SMILES string of the molecule is COc1ccccc1CCCCCCCO. The monoisotopic (exact) mass is 222 g/mol. The first-order valence-corrected chi connectivity index (χ1v) is 6.11. The molecule has 0 atom stereocenters. The normalized spacial score (nSPS) is 10.4. The molecule has 16 heavy (non-hydrogen) atoms. The van der Waals surface area contributed by atoms with Crippen LogP contribution in [-0.2, 0) is 6.42 Å². The molecule has 0 saturated carbocycles. The molecule has 90 valence electrons. The highest BCUT2D eigenvalue weighted by Gasteiger charge is 2.00. The molecule has 0 aliphatic heterocycles. The number of benzene rings is 1. The number of para-hydroxylation sites is 1. The fraction of sp³-hybridized carbons (Fsp3) is 0.571. The molecular formula is C14H22O2. The summed E-state index contributed by atoms with van der Waals surface area (Å²) in [7, 11) is 1.72. The van der Waals surface area contributed by atoms with Gasteiger partial charge in [0.05, 0.1) is 7.11 Å². The minimum absolute atomic E-state index is 0.326. The topological polar surface area (TPSA) is 29.5 Å². The maximum atomic E-state index is 8.65. The molecule has 0 aliphatic carbocycles. The lowest BCUT2D eigenvalue weighted by molar-refractivity contribution is 0.282. The van der Waals surface area contributed by atoms with Crippen LogP contribution in [0.1, 0.15) is 37.7 Å². The van der Waals surface area contributed by atoms with Gasteiger partial charge in [0.1, 0.15) is 5.75 Å². The number of hydrogen-bond acceptors (Lipinski definition) is 2. The van der Waals surface area contributed by atoms with Crippen molar-refractivity contribution in [3.63, 3.8) is 0 Å². The molecule has 2 heteroatoms. The third kappa shape index (κ3) is 4.67. The molecular weight excluding hydrogens is 200 g/mol. The first-order valence-electron chi connectivity index (χ1n) is 6.11. The van der Waals surface area contributed by atoms with Gasteiger partial charge in [-0.15, -0.1) is 0 Å². The Morgan fingerprint density at radius 1 is 1.00 bits per heavy atom. The number of unbranched alkanes of at least 4 members (excludes halogenated alkanes) is 4. The van der Waals surface area contributed by atoms with Gasteiger partial charge < -0.3 is 9.84 Å². The molecule has 0 spiro atoms. The molecule has 1 aromatic rings. The van der Waals surface area contributed by atoms with Crippen LogP contribution in [0.4, 0.5) is 0 Å². The van der Waals surface area contributed by atoms with E-state index in [0.29, 0.717) is 6.61 Å². The number of aliphatic hydroxyl groups is 1. The summed E-state index contributed by atoms with van der Waals surface area (Å²) in [5.74, 6) is 0.998. The van der Waals surface area contributed by atoms with Crippen LogP contribution in [0.15, 0.2) is 24.3 Å². The summed E-state index contributed by atoms with van der Waals surface area (Å²) in [6, 6.07) is 8.21. The fourth-order valence-electron chi connectivity index (χ4n) is 1.87. The average molecular weight is 222 g/mol. The average Bonchev–Trinajstić information content (AvgIpc) is 2.34. The molecule has 0 aliphatic rings. The molecule has 0 aromatic heterocycles. The summed E-state index contributed by atoms with van der Waals surface area (Å²) in [5.41, 5.74) is 1.30. The van der Waals surface area contributed by atoms with Crippen LogP contribution in [0.2, 0.25) is 0 Å². The zero-order valence-electron chi connectivity index (χ0n) is 10.1. The highest BCUT2D eigenvalue weighted by Crippen LogP contribution is 2.19. The van der Waals surface area contributed by atoms with Crippen molar-refractivity contribution in [3.8, 4) is 5.75 Å². The third-order valence-electron chi connectivity index (χ3n) is 2.80. The standard InChI is InChI=1S/C14H22O2/c1-16-14-11-7-6-10-13(14)9-5-3-2-4-8-12-15/h6-7,10-11,15H,2-5,8-9,12H2,1H3. The van der Waals surface area contributed by atoms with Crippen LogP contribution in [0.3, 0.4) is 0 Å². The van der Waals surface area contributed by atoms with Crippen molar-refractivity contribution in [2.45, 2.75) is 38.5 Å². The van der Waals surface area contributed by atoms with E-state index in [1.807, 2.05) is 12.1 Å². The van der Waals surface area contributed by atoms with Crippen LogP contribution in [0.25, 0.3) is 0 Å². The minimum Gasteiger partial charge on any atom is -0.496 e. The molecule has 1 aromatic carbocycles. The number of aryl methyl sites for hydroxylation is 1. The first-order chi connectivity index (χ1) is 7.88. The Labute approximate surface area is 98.3 Å². The fourth-order valence-corrected chi connectivity index (χ4v) is 1.87.